The molecule has 1 aromatic rings. The molecule has 0 saturated carbocycles. The summed E-state index contributed by atoms with van der Waals surface area (Å²) in [6.07, 6.45) is 0. The van der Waals surface area contributed by atoms with Crippen LogP contribution in [0.3, 0.4) is 0 Å². The van der Waals surface area contributed by atoms with Crippen LogP contribution < -0.4 is 5.32 Å². The molecule has 0 aromatic heterocycles. The van der Waals surface area contributed by atoms with Crippen molar-refractivity contribution in [3.8, 4) is 0 Å². The topological polar surface area (TPSA) is 119 Å². The number of aliphatic hydroxyl groups excluding tert-OH is 1. The zero-order valence-corrected chi connectivity index (χ0v) is 11.9. The Morgan fingerprint density at radius 2 is 2.15 bits per heavy atom. The first-order chi connectivity index (χ1) is 9.38. The van der Waals surface area contributed by atoms with Crippen molar-refractivity contribution in [2.75, 3.05) is 13.7 Å². The number of carbonyl (C=O) groups excluding carboxylic acids is 2. The van der Waals surface area contributed by atoms with E-state index in [-0.39, 0.29) is 11.3 Å². The van der Waals surface area contributed by atoms with Crippen LogP contribution in [0, 0.1) is 10.1 Å². The molecule has 8 nitrogen and oxygen atoms in total. The van der Waals surface area contributed by atoms with Gasteiger partial charge in [-0.1, -0.05) is 15.9 Å². The maximum absolute atomic E-state index is 11.9. The number of esters is 1. The van der Waals surface area contributed by atoms with Gasteiger partial charge >= 0.3 is 5.97 Å². The summed E-state index contributed by atoms with van der Waals surface area (Å²) in [4.78, 5) is 33.2. The van der Waals surface area contributed by atoms with Crippen molar-refractivity contribution in [3.63, 3.8) is 0 Å². The van der Waals surface area contributed by atoms with E-state index in [9.17, 15) is 19.7 Å². The number of aliphatic hydroxyl groups is 1. The number of methoxy groups -OCH3 is 1. The molecule has 0 saturated heterocycles. The van der Waals surface area contributed by atoms with E-state index < -0.39 is 29.4 Å². The number of benzene rings is 1. The van der Waals surface area contributed by atoms with Gasteiger partial charge in [0.2, 0.25) is 0 Å². The number of rotatable bonds is 5. The molecule has 20 heavy (non-hydrogen) atoms. The Kier molecular flexibility index (Phi) is 5.59. The second-order valence-electron chi connectivity index (χ2n) is 3.69. The van der Waals surface area contributed by atoms with Gasteiger partial charge in [0.15, 0.2) is 6.04 Å². The number of ether oxygens (including phenoxy) is 1. The first kappa shape index (κ1) is 16.1. The number of hydrogen-bond donors (Lipinski definition) is 2. The Hall–Kier alpha value is -2.00. The van der Waals surface area contributed by atoms with Crippen LogP contribution >= 0.6 is 15.9 Å². The fourth-order valence-electron chi connectivity index (χ4n) is 1.37. The van der Waals surface area contributed by atoms with Gasteiger partial charge in [-0.2, -0.15) is 0 Å². The van der Waals surface area contributed by atoms with Crippen molar-refractivity contribution in [1.82, 2.24) is 5.32 Å². The summed E-state index contributed by atoms with van der Waals surface area (Å²) in [6.45, 7) is -0.644. The molecule has 1 unspecified atom stereocenters. The summed E-state index contributed by atoms with van der Waals surface area (Å²) in [5.74, 6) is -1.55. The van der Waals surface area contributed by atoms with Gasteiger partial charge in [0, 0.05) is 22.2 Å². The molecule has 1 amide bonds. The lowest BCUT2D eigenvalue weighted by Gasteiger charge is -2.13. The first-order valence-corrected chi connectivity index (χ1v) is 6.13. The van der Waals surface area contributed by atoms with Crippen LogP contribution in [0.1, 0.15) is 10.4 Å². The van der Waals surface area contributed by atoms with Crippen LogP contribution in [-0.4, -0.2) is 41.7 Å². The van der Waals surface area contributed by atoms with Crippen LogP contribution in [0.15, 0.2) is 22.7 Å². The molecule has 2 N–H and O–H groups in total. The molecule has 0 fully saturated rings. The third kappa shape index (κ3) is 4.00. The van der Waals surface area contributed by atoms with E-state index in [0.717, 1.165) is 13.2 Å². The standard InChI is InChI=1S/C11H11BrN2O6/c1-20-11(17)9(5-15)13-10(16)6-2-7(12)4-8(3-6)14(18)19/h2-4,9,15H,5H2,1H3,(H,13,16). The Balaban J connectivity index is 2.97. The van der Waals surface area contributed by atoms with E-state index in [1.807, 2.05) is 0 Å². The summed E-state index contributed by atoms with van der Waals surface area (Å²) in [6, 6.07) is 2.42. The predicted octanol–water partition coefficient (Wildman–Crippen LogP) is 0.621. The zero-order valence-electron chi connectivity index (χ0n) is 10.3. The average Bonchev–Trinajstić information content (AvgIpc) is 2.42. The molecule has 0 aliphatic heterocycles. The molecule has 0 radical (unpaired) electrons. The number of halogens is 1. The zero-order chi connectivity index (χ0) is 15.3. The lowest BCUT2D eigenvalue weighted by atomic mass is 10.1. The van der Waals surface area contributed by atoms with Gasteiger partial charge in [-0.15, -0.1) is 0 Å². The van der Waals surface area contributed by atoms with Gasteiger partial charge in [-0.25, -0.2) is 4.79 Å². The maximum atomic E-state index is 11.9. The summed E-state index contributed by atoms with van der Waals surface area (Å²) < 4.78 is 4.74. The summed E-state index contributed by atoms with van der Waals surface area (Å²) in [7, 11) is 1.11. The third-order valence-corrected chi connectivity index (χ3v) is 2.79. The van der Waals surface area contributed by atoms with Crippen LogP contribution in [0.25, 0.3) is 0 Å². The molecule has 9 heteroatoms. The largest absolute Gasteiger partial charge is 0.467 e. The van der Waals surface area contributed by atoms with Gasteiger partial charge in [0.1, 0.15) is 0 Å². The van der Waals surface area contributed by atoms with Gasteiger partial charge in [-0.05, 0) is 6.07 Å². The first-order valence-electron chi connectivity index (χ1n) is 5.33. The van der Waals surface area contributed by atoms with Gasteiger partial charge < -0.3 is 15.2 Å². The Labute approximate surface area is 122 Å². The number of carbonyl (C=O) groups is 2. The third-order valence-electron chi connectivity index (χ3n) is 2.33. The lowest BCUT2D eigenvalue weighted by Crippen LogP contribution is -2.44. The number of nitrogens with zero attached hydrogens (tertiary/aromatic N) is 1. The maximum Gasteiger partial charge on any atom is 0.330 e. The molecule has 1 aromatic carbocycles. The summed E-state index contributed by atoms with van der Waals surface area (Å²) in [5.41, 5.74) is -0.295. The monoisotopic (exact) mass is 346 g/mol. The van der Waals surface area contributed by atoms with Crippen molar-refractivity contribution in [2.45, 2.75) is 6.04 Å². The molecule has 0 spiro atoms. The Morgan fingerprint density at radius 3 is 2.65 bits per heavy atom. The molecule has 0 aliphatic rings. The second-order valence-corrected chi connectivity index (χ2v) is 4.60. The van der Waals surface area contributed by atoms with Crippen molar-refractivity contribution < 1.29 is 24.4 Å². The highest BCUT2D eigenvalue weighted by Crippen LogP contribution is 2.21. The highest BCUT2D eigenvalue weighted by atomic mass is 79.9. The average molecular weight is 347 g/mol. The van der Waals surface area contributed by atoms with Gasteiger partial charge in [0.25, 0.3) is 11.6 Å². The number of amides is 1. The van der Waals surface area contributed by atoms with Crippen molar-refractivity contribution in [2.24, 2.45) is 0 Å². The number of nitro groups is 1. The molecule has 0 heterocycles. The van der Waals surface area contributed by atoms with E-state index >= 15 is 0 Å². The van der Waals surface area contributed by atoms with Gasteiger partial charge in [0.05, 0.1) is 18.6 Å². The normalized spacial score (nSPS) is 11.6. The van der Waals surface area contributed by atoms with E-state index in [1.54, 1.807) is 0 Å². The highest BCUT2D eigenvalue weighted by Gasteiger charge is 2.22. The van der Waals surface area contributed by atoms with Crippen molar-refractivity contribution in [1.29, 1.82) is 0 Å². The smallest absolute Gasteiger partial charge is 0.330 e. The SMILES string of the molecule is COC(=O)C(CO)NC(=O)c1cc(Br)cc([N+](=O)[O-])c1. The van der Waals surface area contributed by atoms with E-state index in [2.05, 4.69) is 26.0 Å². The van der Waals surface area contributed by atoms with E-state index in [1.165, 1.54) is 12.1 Å². The van der Waals surface area contributed by atoms with E-state index in [0.29, 0.717) is 4.47 Å². The van der Waals surface area contributed by atoms with Crippen LogP contribution in [0.2, 0.25) is 0 Å². The fraction of sp³-hybridized carbons (Fsp3) is 0.273. The minimum Gasteiger partial charge on any atom is -0.467 e. The minimum atomic E-state index is -1.23. The second kappa shape index (κ2) is 6.96. The molecule has 1 atom stereocenters. The number of hydrogen-bond acceptors (Lipinski definition) is 6. The van der Waals surface area contributed by atoms with Crippen molar-refractivity contribution in [3.05, 3.63) is 38.3 Å². The molecule has 0 bridgehead atoms. The minimum absolute atomic E-state index is 0.0200. The highest BCUT2D eigenvalue weighted by molar-refractivity contribution is 9.10. The molecule has 0 aliphatic carbocycles. The molecule has 108 valence electrons. The Morgan fingerprint density at radius 1 is 1.50 bits per heavy atom. The summed E-state index contributed by atoms with van der Waals surface area (Å²) >= 11 is 3.05. The van der Waals surface area contributed by atoms with Crippen LogP contribution in [0.4, 0.5) is 5.69 Å². The fourth-order valence-corrected chi connectivity index (χ4v) is 1.85. The molecular formula is C11H11BrN2O6. The molecule has 1 rings (SSSR count). The summed E-state index contributed by atoms with van der Waals surface area (Å²) in [5, 5.41) is 21.9. The molecular weight excluding hydrogens is 336 g/mol. The number of non-ortho nitro benzene ring substituents is 1. The predicted molar refractivity (Wildman–Crippen MR) is 71.2 cm³/mol. The van der Waals surface area contributed by atoms with E-state index in [4.69, 9.17) is 5.11 Å². The Bertz CT molecular complexity index is 548. The number of nitro benzene ring substituents is 1. The number of nitrogens with one attached hydrogen (secondary N) is 1. The van der Waals surface area contributed by atoms with Gasteiger partial charge in [-0.3, -0.25) is 14.9 Å². The van der Waals surface area contributed by atoms with Crippen LogP contribution in [0.5, 0.6) is 0 Å². The van der Waals surface area contributed by atoms with Crippen molar-refractivity contribution >= 4 is 33.5 Å². The quantitative estimate of drug-likeness (QED) is 0.458. The van der Waals surface area contributed by atoms with Crippen LogP contribution in [-0.2, 0) is 9.53 Å². The lowest BCUT2D eigenvalue weighted by molar-refractivity contribution is -0.385.